The van der Waals surface area contributed by atoms with E-state index in [9.17, 15) is 9.59 Å². The molecule has 8 heteroatoms. The van der Waals surface area contributed by atoms with Crippen molar-refractivity contribution >= 4 is 40.0 Å². The summed E-state index contributed by atoms with van der Waals surface area (Å²) in [6, 6.07) is 12.1. The summed E-state index contributed by atoms with van der Waals surface area (Å²) in [7, 11) is 1.44. The van der Waals surface area contributed by atoms with Crippen LogP contribution < -0.4 is 9.47 Å². The van der Waals surface area contributed by atoms with Crippen molar-refractivity contribution in [3.05, 3.63) is 63.8 Å². The summed E-state index contributed by atoms with van der Waals surface area (Å²) in [5.74, 6) is 0.188. The van der Waals surface area contributed by atoms with Gasteiger partial charge in [0.05, 0.1) is 13.7 Å². The molecule has 7 nitrogen and oxygen atoms in total. The van der Waals surface area contributed by atoms with E-state index in [-0.39, 0.29) is 24.0 Å². The highest BCUT2D eigenvalue weighted by atomic mass is 79.9. The maximum atomic E-state index is 12.2. The second kappa shape index (κ2) is 8.71. The minimum atomic E-state index is -0.825. The molecule has 28 heavy (non-hydrogen) atoms. The number of rotatable bonds is 5. The van der Waals surface area contributed by atoms with E-state index >= 15 is 0 Å². The van der Waals surface area contributed by atoms with Crippen LogP contribution in [0.15, 0.2) is 57.6 Å². The molecule has 144 valence electrons. The summed E-state index contributed by atoms with van der Waals surface area (Å²) in [5, 5.41) is 0. The predicted octanol–water partition coefficient (Wildman–Crippen LogP) is 4.34. The van der Waals surface area contributed by atoms with E-state index in [1.807, 2.05) is 12.1 Å². The third-order valence-electron chi connectivity index (χ3n) is 3.64. The topological polar surface area (TPSA) is 83.4 Å². The number of nitrogens with zero attached hydrogens (tertiary/aromatic N) is 1. The number of carbonyl (C=O) groups excluding carboxylic acids is 2. The van der Waals surface area contributed by atoms with Crippen LogP contribution in [0.4, 0.5) is 4.79 Å². The summed E-state index contributed by atoms with van der Waals surface area (Å²) >= 11 is 3.37. The van der Waals surface area contributed by atoms with E-state index in [0.29, 0.717) is 16.9 Å². The van der Waals surface area contributed by atoms with Crippen LogP contribution in [0, 0.1) is 0 Å². The minimum absolute atomic E-state index is 0.149. The van der Waals surface area contributed by atoms with E-state index in [1.54, 1.807) is 43.3 Å². The number of carbonyl (C=O) groups is 2. The van der Waals surface area contributed by atoms with E-state index in [4.69, 9.17) is 18.9 Å². The number of cyclic esters (lactones) is 1. The normalized spacial score (nSPS) is 14.5. The number of hydrogen-bond acceptors (Lipinski definition) is 7. The SMILES string of the molecule is CCOC(=O)Oc1ccc(/C=C2\N=C(c3cccc(Br)c3)OC2=O)cc1OC. The largest absolute Gasteiger partial charge is 0.513 e. The van der Waals surface area contributed by atoms with Crippen LogP contribution in [0.2, 0.25) is 0 Å². The Bertz CT molecular complexity index is 982. The first-order valence-corrected chi connectivity index (χ1v) is 9.10. The first-order chi connectivity index (χ1) is 13.5. The molecule has 1 aliphatic heterocycles. The average Bonchev–Trinajstić information content (AvgIpc) is 3.03. The molecule has 1 heterocycles. The lowest BCUT2D eigenvalue weighted by Crippen LogP contribution is -2.10. The van der Waals surface area contributed by atoms with Crippen molar-refractivity contribution in [3.63, 3.8) is 0 Å². The zero-order chi connectivity index (χ0) is 20.1. The summed E-state index contributed by atoms with van der Waals surface area (Å²) < 4.78 is 21.2. The van der Waals surface area contributed by atoms with Gasteiger partial charge >= 0.3 is 12.1 Å². The number of halogens is 1. The molecule has 0 N–H and O–H groups in total. The van der Waals surface area contributed by atoms with Gasteiger partial charge in [-0.2, -0.15) is 0 Å². The summed E-state index contributed by atoms with van der Waals surface area (Å²) in [6.45, 7) is 1.88. The van der Waals surface area contributed by atoms with Crippen molar-refractivity contribution in [3.8, 4) is 11.5 Å². The molecule has 0 unspecified atom stereocenters. The molecule has 0 fully saturated rings. The van der Waals surface area contributed by atoms with Crippen molar-refractivity contribution < 1.29 is 28.5 Å². The highest BCUT2D eigenvalue weighted by Crippen LogP contribution is 2.30. The van der Waals surface area contributed by atoms with Gasteiger partial charge < -0.3 is 18.9 Å². The number of esters is 1. The van der Waals surface area contributed by atoms with Crippen LogP contribution in [-0.2, 0) is 14.3 Å². The van der Waals surface area contributed by atoms with Gasteiger partial charge in [-0.1, -0.05) is 28.1 Å². The van der Waals surface area contributed by atoms with E-state index in [2.05, 4.69) is 20.9 Å². The number of benzene rings is 2. The molecular formula is C20H16BrNO6. The highest BCUT2D eigenvalue weighted by molar-refractivity contribution is 9.10. The molecule has 0 aliphatic carbocycles. The van der Waals surface area contributed by atoms with Crippen LogP contribution in [-0.4, -0.2) is 31.7 Å². The lowest BCUT2D eigenvalue weighted by Gasteiger charge is -2.09. The molecule has 3 rings (SSSR count). The van der Waals surface area contributed by atoms with Gasteiger partial charge in [-0.05, 0) is 48.9 Å². The zero-order valence-corrected chi connectivity index (χ0v) is 16.7. The van der Waals surface area contributed by atoms with Crippen LogP contribution in [0.25, 0.3) is 6.08 Å². The molecule has 0 saturated carbocycles. The molecule has 0 atom stereocenters. The first-order valence-electron chi connectivity index (χ1n) is 8.31. The second-order valence-corrected chi connectivity index (χ2v) is 6.46. The van der Waals surface area contributed by atoms with Crippen molar-refractivity contribution in [2.45, 2.75) is 6.92 Å². The van der Waals surface area contributed by atoms with Crippen LogP contribution >= 0.6 is 15.9 Å². The lowest BCUT2D eigenvalue weighted by molar-refractivity contribution is -0.129. The van der Waals surface area contributed by atoms with Crippen molar-refractivity contribution in [1.82, 2.24) is 0 Å². The Morgan fingerprint density at radius 1 is 1.21 bits per heavy atom. The number of hydrogen-bond donors (Lipinski definition) is 0. The molecule has 0 aromatic heterocycles. The molecule has 0 radical (unpaired) electrons. The van der Waals surface area contributed by atoms with Gasteiger partial charge in [0, 0.05) is 10.0 Å². The molecular weight excluding hydrogens is 430 g/mol. The first kappa shape index (κ1) is 19.6. The molecule has 0 bridgehead atoms. The number of aliphatic imine (C=N–C) groups is 1. The molecule has 2 aromatic rings. The lowest BCUT2D eigenvalue weighted by atomic mass is 10.1. The van der Waals surface area contributed by atoms with Gasteiger partial charge in [0.15, 0.2) is 17.2 Å². The van der Waals surface area contributed by atoms with Crippen LogP contribution in [0.3, 0.4) is 0 Å². The fourth-order valence-corrected chi connectivity index (χ4v) is 2.81. The Balaban J connectivity index is 1.86. The van der Waals surface area contributed by atoms with Crippen LogP contribution in [0.5, 0.6) is 11.5 Å². The van der Waals surface area contributed by atoms with Crippen molar-refractivity contribution in [2.75, 3.05) is 13.7 Å². The number of ether oxygens (including phenoxy) is 4. The Morgan fingerprint density at radius 2 is 2.04 bits per heavy atom. The Kier molecular flexibility index (Phi) is 6.10. The fraction of sp³-hybridized carbons (Fsp3) is 0.150. The summed E-state index contributed by atoms with van der Waals surface area (Å²) in [4.78, 5) is 27.9. The molecule has 1 aliphatic rings. The Labute approximate surface area is 169 Å². The smallest absolute Gasteiger partial charge is 0.493 e. The maximum Gasteiger partial charge on any atom is 0.513 e. The van der Waals surface area contributed by atoms with Crippen molar-refractivity contribution in [1.29, 1.82) is 0 Å². The van der Waals surface area contributed by atoms with Gasteiger partial charge in [-0.15, -0.1) is 0 Å². The second-order valence-electron chi connectivity index (χ2n) is 5.54. The monoisotopic (exact) mass is 445 g/mol. The van der Waals surface area contributed by atoms with Gasteiger partial charge in [-0.25, -0.2) is 14.6 Å². The molecule has 0 spiro atoms. The van der Waals surface area contributed by atoms with E-state index in [0.717, 1.165) is 4.47 Å². The highest BCUT2D eigenvalue weighted by Gasteiger charge is 2.24. The summed E-state index contributed by atoms with van der Waals surface area (Å²) in [5.41, 5.74) is 1.46. The average molecular weight is 446 g/mol. The zero-order valence-electron chi connectivity index (χ0n) is 15.1. The third kappa shape index (κ3) is 4.58. The third-order valence-corrected chi connectivity index (χ3v) is 4.13. The minimum Gasteiger partial charge on any atom is -0.493 e. The van der Waals surface area contributed by atoms with Crippen LogP contribution in [0.1, 0.15) is 18.1 Å². The van der Waals surface area contributed by atoms with Gasteiger partial charge in [0.2, 0.25) is 5.90 Å². The maximum absolute atomic E-state index is 12.2. The van der Waals surface area contributed by atoms with Gasteiger partial charge in [0.1, 0.15) is 0 Å². The van der Waals surface area contributed by atoms with E-state index < -0.39 is 12.1 Å². The standard InChI is InChI=1S/C20H16BrNO6/c1-3-26-20(24)27-16-8-7-12(10-17(16)25-2)9-15-19(23)28-18(22-15)13-5-4-6-14(21)11-13/h4-11H,3H2,1-2H3/b15-9-. The fourth-order valence-electron chi connectivity index (χ4n) is 2.41. The number of methoxy groups -OCH3 is 1. The Hall–Kier alpha value is -3.13. The molecule has 2 aromatic carbocycles. The van der Waals surface area contributed by atoms with E-state index in [1.165, 1.54) is 7.11 Å². The van der Waals surface area contributed by atoms with Gasteiger partial charge in [-0.3, -0.25) is 0 Å². The van der Waals surface area contributed by atoms with Gasteiger partial charge in [0.25, 0.3) is 0 Å². The quantitative estimate of drug-likeness (QED) is 0.386. The van der Waals surface area contributed by atoms with Crippen molar-refractivity contribution in [2.24, 2.45) is 4.99 Å². The summed E-state index contributed by atoms with van der Waals surface area (Å²) in [6.07, 6.45) is 0.735. The molecule has 0 saturated heterocycles. The molecule has 0 amide bonds. The predicted molar refractivity (Wildman–Crippen MR) is 105 cm³/mol. The Morgan fingerprint density at radius 3 is 2.75 bits per heavy atom.